The van der Waals surface area contributed by atoms with E-state index in [1.165, 1.54) is 5.57 Å². The third-order valence-corrected chi connectivity index (χ3v) is 8.26. The molecule has 1 aromatic heterocycles. The van der Waals surface area contributed by atoms with Crippen LogP contribution in [0.1, 0.15) is 38.7 Å². The van der Waals surface area contributed by atoms with Crippen LogP contribution >= 0.6 is 0 Å². The van der Waals surface area contributed by atoms with Gasteiger partial charge in [0.25, 0.3) is 0 Å². The summed E-state index contributed by atoms with van der Waals surface area (Å²) in [6.45, 7) is 5.61. The number of H-pyrrole nitrogens is 1. The average molecular weight is 425 g/mol. The van der Waals surface area contributed by atoms with Gasteiger partial charge in [0.15, 0.2) is 0 Å². The molecule has 0 bridgehead atoms. The number of fused-ring (bicyclic) bond motifs is 3. The van der Waals surface area contributed by atoms with Gasteiger partial charge in [-0.05, 0) is 55.5 Å². The lowest BCUT2D eigenvalue weighted by atomic mass is 9.55. The molecular formula is C25H32N2O4. The Labute approximate surface area is 182 Å². The molecule has 0 amide bonds. The van der Waals surface area contributed by atoms with Crippen molar-refractivity contribution in [2.24, 2.45) is 23.2 Å². The molecule has 2 aliphatic carbocycles. The number of nitrogens with one attached hydrogen (secondary N) is 2. The second-order valence-corrected chi connectivity index (χ2v) is 9.80. The van der Waals surface area contributed by atoms with Gasteiger partial charge in [-0.1, -0.05) is 25.5 Å². The number of rotatable bonds is 5. The maximum atomic E-state index is 12.7. The Kier molecular flexibility index (Phi) is 5.10. The van der Waals surface area contributed by atoms with Crippen molar-refractivity contribution in [3.05, 3.63) is 41.6 Å². The molecule has 4 N–H and O–H groups in total. The van der Waals surface area contributed by atoms with Crippen LogP contribution in [0.25, 0.3) is 10.9 Å². The molecule has 0 radical (unpaired) electrons. The van der Waals surface area contributed by atoms with Gasteiger partial charge in [-0.2, -0.15) is 0 Å². The van der Waals surface area contributed by atoms with Crippen molar-refractivity contribution in [1.29, 1.82) is 0 Å². The number of phenolic OH excluding ortho intramolecular Hbond substituents is 1. The van der Waals surface area contributed by atoms with Gasteiger partial charge in [0.2, 0.25) is 0 Å². The van der Waals surface area contributed by atoms with Crippen molar-refractivity contribution < 1.29 is 19.7 Å². The molecule has 2 fully saturated rings. The highest BCUT2D eigenvalue weighted by atomic mass is 16.6. The minimum absolute atomic E-state index is 0.160. The fourth-order valence-corrected chi connectivity index (χ4v) is 6.15. The second-order valence-electron chi connectivity index (χ2n) is 9.80. The Balaban J connectivity index is 1.25. The molecule has 1 aliphatic heterocycles. The van der Waals surface area contributed by atoms with Gasteiger partial charge >= 0.3 is 5.97 Å². The molecule has 6 atom stereocenters. The van der Waals surface area contributed by atoms with Crippen LogP contribution < -0.4 is 5.32 Å². The summed E-state index contributed by atoms with van der Waals surface area (Å²) in [6, 6.07) is 5.32. The Hall–Kier alpha value is -2.31. The topological polar surface area (TPSA) is 94.6 Å². The quantitative estimate of drug-likeness (QED) is 0.336. The van der Waals surface area contributed by atoms with Crippen LogP contribution in [0.2, 0.25) is 0 Å². The summed E-state index contributed by atoms with van der Waals surface area (Å²) in [7, 11) is 0. The number of aromatic amines is 1. The van der Waals surface area contributed by atoms with Crippen molar-refractivity contribution in [2.75, 3.05) is 13.1 Å². The lowest BCUT2D eigenvalue weighted by molar-refractivity contribution is -0.144. The van der Waals surface area contributed by atoms with Crippen LogP contribution in [0.15, 0.2) is 36.0 Å². The molecule has 0 spiro atoms. The summed E-state index contributed by atoms with van der Waals surface area (Å²) in [5.41, 5.74) is 3.13. The van der Waals surface area contributed by atoms with Gasteiger partial charge in [0.05, 0.1) is 12.0 Å². The predicted octanol–water partition coefficient (Wildman–Crippen LogP) is 3.29. The molecule has 166 valence electrons. The number of hydrogen-bond acceptors (Lipinski definition) is 5. The number of carbonyl (C=O) groups excluding carboxylic acids is 1. The first-order chi connectivity index (χ1) is 14.9. The summed E-state index contributed by atoms with van der Waals surface area (Å²) < 4.78 is 5.74. The number of esters is 1. The number of benzene rings is 1. The summed E-state index contributed by atoms with van der Waals surface area (Å²) in [6.07, 6.45) is 7.10. The van der Waals surface area contributed by atoms with E-state index >= 15 is 0 Å². The molecule has 31 heavy (non-hydrogen) atoms. The third-order valence-electron chi connectivity index (χ3n) is 8.26. The maximum absolute atomic E-state index is 12.7. The summed E-state index contributed by atoms with van der Waals surface area (Å²) in [5, 5.41) is 25.6. The summed E-state index contributed by atoms with van der Waals surface area (Å²) in [5.74, 6) is -0.0152. The highest BCUT2D eigenvalue weighted by Gasteiger charge is 2.59. The van der Waals surface area contributed by atoms with E-state index < -0.39 is 6.10 Å². The van der Waals surface area contributed by atoms with Gasteiger partial charge in [-0.3, -0.25) is 4.79 Å². The molecule has 6 unspecified atom stereocenters. The van der Waals surface area contributed by atoms with Crippen LogP contribution in [0.3, 0.4) is 0 Å². The van der Waals surface area contributed by atoms with Gasteiger partial charge < -0.3 is 25.3 Å². The number of ether oxygens (including phenoxy) is 1. The average Bonchev–Trinajstić information content (AvgIpc) is 3.28. The zero-order valence-electron chi connectivity index (χ0n) is 18.2. The molecule has 6 nitrogen and oxygen atoms in total. The van der Waals surface area contributed by atoms with Gasteiger partial charge in [0.1, 0.15) is 11.9 Å². The fraction of sp³-hybridized carbons (Fsp3) is 0.560. The van der Waals surface area contributed by atoms with Crippen LogP contribution in [-0.2, 0) is 16.0 Å². The Morgan fingerprint density at radius 3 is 3.03 bits per heavy atom. The fourth-order valence-electron chi connectivity index (χ4n) is 6.15. The molecule has 5 rings (SSSR count). The first-order valence-electron chi connectivity index (χ1n) is 11.5. The van der Waals surface area contributed by atoms with Crippen molar-refractivity contribution in [3.63, 3.8) is 0 Å². The number of aliphatic hydroxyl groups excluding tert-OH is 1. The normalized spacial score (nSPS) is 34.9. The smallest absolute Gasteiger partial charge is 0.311 e. The highest BCUT2D eigenvalue weighted by Crippen LogP contribution is 2.55. The molecule has 3 aliphatic rings. The first kappa shape index (κ1) is 20.6. The zero-order valence-corrected chi connectivity index (χ0v) is 18.2. The van der Waals surface area contributed by atoms with E-state index in [9.17, 15) is 15.0 Å². The summed E-state index contributed by atoms with van der Waals surface area (Å²) >= 11 is 0. The van der Waals surface area contributed by atoms with Crippen LogP contribution in [0, 0.1) is 23.2 Å². The molecule has 2 heterocycles. The van der Waals surface area contributed by atoms with E-state index in [1.54, 1.807) is 12.1 Å². The van der Waals surface area contributed by atoms with Crippen molar-refractivity contribution in [3.8, 4) is 5.75 Å². The first-order valence-corrected chi connectivity index (χ1v) is 11.5. The molecule has 1 saturated heterocycles. The monoisotopic (exact) mass is 424 g/mol. The van der Waals surface area contributed by atoms with Gasteiger partial charge in [-0.25, -0.2) is 0 Å². The van der Waals surface area contributed by atoms with Crippen LogP contribution in [0.5, 0.6) is 5.75 Å². The van der Waals surface area contributed by atoms with E-state index in [4.69, 9.17) is 4.74 Å². The van der Waals surface area contributed by atoms with E-state index in [1.807, 2.05) is 12.3 Å². The number of allylic oxidation sites excluding steroid dienone is 1. The van der Waals surface area contributed by atoms with E-state index in [0.717, 1.165) is 42.1 Å². The second kappa shape index (κ2) is 7.68. The minimum Gasteiger partial charge on any atom is -0.508 e. The largest absolute Gasteiger partial charge is 0.508 e. The Morgan fingerprint density at radius 1 is 1.35 bits per heavy atom. The summed E-state index contributed by atoms with van der Waals surface area (Å²) in [4.78, 5) is 15.9. The molecule has 1 saturated carbocycles. The highest BCUT2D eigenvalue weighted by molar-refractivity contribution is 5.84. The zero-order chi connectivity index (χ0) is 21.8. The van der Waals surface area contributed by atoms with Crippen molar-refractivity contribution >= 4 is 16.9 Å². The number of aromatic hydroxyl groups is 1. The Morgan fingerprint density at radius 2 is 2.19 bits per heavy atom. The predicted molar refractivity (Wildman–Crippen MR) is 119 cm³/mol. The van der Waals surface area contributed by atoms with Crippen molar-refractivity contribution in [1.82, 2.24) is 10.3 Å². The SMILES string of the molecule is CC1CCC=C2CC3OC(=O)C(CNCCc4c[nH]c5ccc(O)cc45)C3C(O)C21C. The van der Waals surface area contributed by atoms with Crippen molar-refractivity contribution in [2.45, 2.75) is 51.7 Å². The molecular weight excluding hydrogens is 392 g/mol. The van der Waals surface area contributed by atoms with Gasteiger partial charge in [-0.15, -0.1) is 0 Å². The molecule has 6 heteroatoms. The number of phenols is 1. The molecule has 1 aromatic carbocycles. The molecule has 2 aromatic rings. The van der Waals surface area contributed by atoms with Gasteiger partial charge in [0, 0.05) is 41.4 Å². The minimum atomic E-state index is -0.567. The van der Waals surface area contributed by atoms with E-state index in [2.05, 4.69) is 30.2 Å². The van der Waals surface area contributed by atoms with Crippen LogP contribution in [-0.4, -0.2) is 46.5 Å². The number of aromatic nitrogens is 1. The third kappa shape index (κ3) is 3.28. The van der Waals surface area contributed by atoms with E-state index in [0.29, 0.717) is 19.0 Å². The lowest BCUT2D eigenvalue weighted by Crippen LogP contribution is -2.54. The maximum Gasteiger partial charge on any atom is 0.311 e. The van der Waals surface area contributed by atoms with Crippen LogP contribution in [0.4, 0.5) is 0 Å². The number of carbonyl (C=O) groups is 1. The number of hydrogen-bond donors (Lipinski definition) is 4. The number of aliphatic hydroxyl groups is 1. The lowest BCUT2D eigenvalue weighted by Gasteiger charge is -2.51. The standard InChI is InChI=1S/C25H32N2O4/c1-14-4-3-5-16-10-21-22(23(29)25(14,16)2)19(24(30)31-21)13-26-9-8-15-12-27-20-7-6-17(28)11-18(15)20/h5-7,11-12,14,19,21-23,26-29H,3-4,8-10,13H2,1-2H3. The Bertz CT molecular complexity index is 1030. The van der Waals surface area contributed by atoms with E-state index in [-0.39, 0.29) is 35.1 Å².